The van der Waals surface area contributed by atoms with Crippen molar-refractivity contribution in [2.24, 2.45) is 0 Å². The number of rotatable bonds is 2. The molecule has 1 aromatic carbocycles. The Balaban J connectivity index is 2.24. The summed E-state index contributed by atoms with van der Waals surface area (Å²) in [6.45, 7) is 1.80. The Morgan fingerprint density at radius 2 is 2.11 bits per heavy atom. The Bertz CT molecular complexity index is 601. The molecule has 0 radical (unpaired) electrons. The fourth-order valence-electron chi connectivity index (χ4n) is 1.46. The minimum Gasteiger partial charge on any atom is -0.322 e. The molecule has 0 bridgehead atoms. The molecular formula is C13H10BrFN2O. The second-order valence-electron chi connectivity index (χ2n) is 3.81. The van der Waals surface area contributed by atoms with Crippen LogP contribution in [-0.2, 0) is 0 Å². The van der Waals surface area contributed by atoms with E-state index in [1.165, 1.54) is 18.3 Å². The molecular weight excluding hydrogens is 299 g/mol. The van der Waals surface area contributed by atoms with Crippen molar-refractivity contribution in [1.29, 1.82) is 0 Å². The highest BCUT2D eigenvalue weighted by Gasteiger charge is 2.09. The molecule has 0 aliphatic heterocycles. The van der Waals surface area contributed by atoms with Crippen LogP contribution in [0.15, 0.2) is 41.1 Å². The highest BCUT2D eigenvalue weighted by atomic mass is 79.9. The lowest BCUT2D eigenvalue weighted by Gasteiger charge is -2.08. The first-order valence-electron chi connectivity index (χ1n) is 5.24. The van der Waals surface area contributed by atoms with Crippen LogP contribution in [0.2, 0.25) is 0 Å². The number of nitrogens with one attached hydrogen (secondary N) is 1. The number of anilines is 1. The molecule has 0 saturated carbocycles. The quantitative estimate of drug-likeness (QED) is 0.922. The number of nitrogens with zero attached hydrogens (tertiary/aromatic N) is 1. The van der Waals surface area contributed by atoms with Crippen molar-refractivity contribution in [3.63, 3.8) is 0 Å². The van der Waals surface area contributed by atoms with E-state index in [1.54, 1.807) is 25.3 Å². The molecule has 0 aliphatic rings. The van der Waals surface area contributed by atoms with E-state index in [9.17, 15) is 9.18 Å². The summed E-state index contributed by atoms with van der Waals surface area (Å²) in [6.07, 6.45) is 3.04. The summed E-state index contributed by atoms with van der Waals surface area (Å²) in [5.74, 6) is -0.708. The Morgan fingerprint density at radius 3 is 2.83 bits per heavy atom. The monoisotopic (exact) mass is 308 g/mol. The third-order valence-electron chi connectivity index (χ3n) is 2.41. The number of aromatic nitrogens is 1. The van der Waals surface area contributed by atoms with Crippen LogP contribution < -0.4 is 5.32 Å². The van der Waals surface area contributed by atoms with Crippen LogP contribution in [0.25, 0.3) is 0 Å². The smallest absolute Gasteiger partial charge is 0.257 e. The van der Waals surface area contributed by atoms with Crippen molar-refractivity contribution in [1.82, 2.24) is 4.98 Å². The van der Waals surface area contributed by atoms with Crippen molar-refractivity contribution < 1.29 is 9.18 Å². The van der Waals surface area contributed by atoms with Gasteiger partial charge in [-0.25, -0.2) is 4.39 Å². The van der Waals surface area contributed by atoms with E-state index in [1.807, 2.05) is 0 Å². The number of benzene rings is 1. The maximum Gasteiger partial charge on any atom is 0.257 e. The van der Waals surface area contributed by atoms with Crippen LogP contribution in [-0.4, -0.2) is 10.9 Å². The van der Waals surface area contributed by atoms with Gasteiger partial charge < -0.3 is 5.32 Å². The molecule has 18 heavy (non-hydrogen) atoms. The van der Waals surface area contributed by atoms with Crippen LogP contribution in [0.5, 0.6) is 0 Å². The van der Waals surface area contributed by atoms with E-state index in [2.05, 4.69) is 26.2 Å². The highest BCUT2D eigenvalue weighted by molar-refractivity contribution is 9.10. The van der Waals surface area contributed by atoms with Crippen LogP contribution in [0.1, 0.15) is 15.9 Å². The third kappa shape index (κ3) is 2.92. The first-order valence-corrected chi connectivity index (χ1v) is 6.03. The molecule has 1 aromatic heterocycles. The summed E-state index contributed by atoms with van der Waals surface area (Å²) in [5, 5.41) is 2.65. The van der Waals surface area contributed by atoms with Crippen LogP contribution in [0.4, 0.5) is 10.1 Å². The van der Waals surface area contributed by atoms with Gasteiger partial charge in [0.2, 0.25) is 0 Å². The Morgan fingerprint density at radius 1 is 1.33 bits per heavy atom. The standard InChI is InChI=1S/C13H10BrFN2O/c1-8-2-3-11(15)5-12(8)17-13(18)9-4-10(14)7-16-6-9/h2-7H,1H3,(H,17,18). The van der Waals surface area contributed by atoms with Crippen molar-refractivity contribution in [3.8, 4) is 0 Å². The van der Waals surface area contributed by atoms with Gasteiger partial charge in [-0.2, -0.15) is 0 Å². The van der Waals surface area contributed by atoms with Gasteiger partial charge in [0, 0.05) is 22.6 Å². The average Bonchev–Trinajstić information content (AvgIpc) is 2.34. The largest absolute Gasteiger partial charge is 0.322 e. The maximum atomic E-state index is 13.1. The van der Waals surface area contributed by atoms with Gasteiger partial charge in [0.1, 0.15) is 5.82 Å². The Hall–Kier alpha value is -1.75. The summed E-state index contributed by atoms with van der Waals surface area (Å²) in [6, 6.07) is 5.91. The van der Waals surface area contributed by atoms with Gasteiger partial charge in [-0.15, -0.1) is 0 Å². The van der Waals surface area contributed by atoms with E-state index >= 15 is 0 Å². The molecule has 2 aromatic rings. The number of amides is 1. The number of carbonyl (C=O) groups is 1. The average molecular weight is 309 g/mol. The lowest BCUT2D eigenvalue weighted by atomic mass is 10.2. The van der Waals surface area contributed by atoms with E-state index in [-0.39, 0.29) is 11.7 Å². The second kappa shape index (κ2) is 5.27. The predicted molar refractivity (Wildman–Crippen MR) is 71.0 cm³/mol. The number of hydrogen-bond donors (Lipinski definition) is 1. The molecule has 0 spiro atoms. The third-order valence-corrected chi connectivity index (χ3v) is 2.85. The lowest BCUT2D eigenvalue weighted by Crippen LogP contribution is -2.13. The van der Waals surface area contributed by atoms with Crippen molar-refractivity contribution in [3.05, 3.63) is 58.1 Å². The second-order valence-corrected chi connectivity index (χ2v) is 4.72. The van der Waals surface area contributed by atoms with E-state index in [4.69, 9.17) is 0 Å². The topological polar surface area (TPSA) is 42.0 Å². The minimum atomic E-state index is -0.386. The molecule has 3 nitrogen and oxygen atoms in total. The van der Waals surface area contributed by atoms with Gasteiger partial charge in [0.25, 0.3) is 5.91 Å². The van der Waals surface area contributed by atoms with E-state index in [0.29, 0.717) is 15.7 Å². The molecule has 0 saturated heterocycles. The summed E-state index contributed by atoms with van der Waals surface area (Å²) < 4.78 is 13.8. The number of halogens is 2. The molecule has 92 valence electrons. The first kappa shape index (κ1) is 12.7. The van der Waals surface area contributed by atoms with Gasteiger partial charge in [0.15, 0.2) is 0 Å². The van der Waals surface area contributed by atoms with E-state index < -0.39 is 0 Å². The highest BCUT2D eigenvalue weighted by Crippen LogP contribution is 2.17. The van der Waals surface area contributed by atoms with Crippen molar-refractivity contribution in [2.45, 2.75) is 6.92 Å². The predicted octanol–water partition coefficient (Wildman–Crippen LogP) is 3.54. The molecule has 1 N–H and O–H groups in total. The molecule has 0 fully saturated rings. The maximum absolute atomic E-state index is 13.1. The Kier molecular flexibility index (Phi) is 3.72. The number of pyridine rings is 1. The fraction of sp³-hybridized carbons (Fsp3) is 0.0769. The zero-order chi connectivity index (χ0) is 13.1. The molecule has 0 atom stereocenters. The number of hydrogen-bond acceptors (Lipinski definition) is 2. The van der Waals surface area contributed by atoms with Crippen LogP contribution in [0, 0.1) is 12.7 Å². The molecule has 5 heteroatoms. The summed E-state index contributed by atoms with van der Waals surface area (Å²) in [7, 11) is 0. The van der Waals surface area contributed by atoms with Crippen molar-refractivity contribution in [2.75, 3.05) is 5.32 Å². The SMILES string of the molecule is Cc1ccc(F)cc1NC(=O)c1cncc(Br)c1. The van der Waals surface area contributed by atoms with E-state index in [0.717, 1.165) is 5.56 Å². The fourth-order valence-corrected chi connectivity index (χ4v) is 1.82. The number of aryl methyl sites for hydroxylation is 1. The van der Waals surface area contributed by atoms with Gasteiger partial charge in [-0.3, -0.25) is 9.78 Å². The van der Waals surface area contributed by atoms with Gasteiger partial charge in [-0.1, -0.05) is 6.07 Å². The zero-order valence-electron chi connectivity index (χ0n) is 9.58. The summed E-state index contributed by atoms with van der Waals surface area (Å²) in [4.78, 5) is 15.8. The molecule has 2 rings (SSSR count). The van der Waals surface area contributed by atoms with Crippen LogP contribution in [0.3, 0.4) is 0 Å². The summed E-state index contributed by atoms with van der Waals surface area (Å²) in [5.41, 5.74) is 1.67. The normalized spacial score (nSPS) is 10.2. The number of carbonyl (C=O) groups excluding carboxylic acids is 1. The van der Waals surface area contributed by atoms with Crippen LogP contribution >= 0.6 is 15.9 Å². The molecule has 0 unspecified atom stereocenters. The van der Waals surface area contributed by atoms with Crippen molar-refractivity contribution >= 4 is 27.5 Å². The lowest BCUT2D eigenvalue weighted by molar-refractivity contribution is 0.102. The van der Waals surface area contributed by atoms with Gasteiger partial charge in [-0.05, 0) is 46.6 Å². The Labute approximate surface area is 112 Å². The zero-order valence-corrected chi connectivity index (χ0v) is 11.2. The molecule has 1 amide bonds. The molecule has 1 heterocycles. The van der Waals surface area contributed by atoms with Gasteiger partial charge >= 0.3 is 0 Å². The molecule has 0 aliphatic carbocycles. The first-order chi connectivity index (χ1) is 8.56. The summed E-state index contributed by atoms with van der Waals surface area (Å²) >= 11 is 3.24. The van der Waals surface area contributed by atoms with Gasteiger partial charge in [0.05, 0.1) is 5.56 Å². The minimum absolute atomic E-state index is 0.322.